The number of rotatable bonds is 16. The Hall–Kier alpha value is -3.84. The third kappa shape index (κ3) is 12.8. The number of ether oxygens (including phenoxy) is 1. The second-order valence-corrected chi connectivity index (χ2v) is 28.9. The Kier molecular flexibility index (Phi) is 15.6. The van der Waals surface area contributed by atoms with E-state index < -0.39 is 70.5 Å². The molecule has 1 aromatic heterocycles. The Bertz CT molecular complexity index is 1970. The quantitative estimate of drug-likeness (QED) is 0.120. The number of carbonyl (C=O) groups is 4. The molecule has 2 atom stereocenters. The molecule has 0 bridgehead atoms. The number of hydrogen-bond acceptors (Lipinski definition) is 8. The average molecular weight is 864 g/mol. The number of fused-ring (bicyclic) bond motifs is 1. The first kappa shape index (κ1) is 48.5. The van der Waals surface area contributed by atoms with Gasteiger partial charge in [-0.25, -0.2) is 9.18 Å². The molecule has 17 heteroatoms. The van der Waals surface area contributed by atoms with Crippen LogP contribution in [0.15, 0.2) is 36.4 Å². The van der Waals surface area contributed by atoms with E-state index in [0.717, 1.165) is 0 Å². The standard InChI is InChI=1S/C41H64ClFN6O7Si2/c1-26(25-55-58(13,14)41(8,9)10)48(23-33(50)46-31(28-16-15-17-30(42)35(28)43)20-21-54-57(11,12)40(5,6)7)34(51)24-49-32-19-18-27(45-38(53)56-39(2,3)4)22-29(32)36(47-49)37(44)52/h15-19,22,26,31H,20-21,23-25H2,1-14H3,(H2,44,52)(H,45,53)(H,46,50)/t26-,31-/m0/s1. The number of nitrogens with zero attached hydrogens (tertiary/aromatic N) is 3. The summed E-state index contributed by atoms with van der Waals surface area (Å²) in [5.74, 6) is -2.52. The largest absolute Gasteiger partial charge is 0.444 e. The minimum absolute atomic E-state index is 0.0616. The van der Waals surface area contributed by atoms with Gasteiger partial charge in [0, 0.05) is 23.2 Å². The zero-order valence-corrected chi connectivity index (χ0v) is 39.4. The van der Waals surface area contributed by atoms with Gasteiger partial charge >= 0.3 is 6.09 Å². The molecule has 13 nitrogen and oxygen atoms in total. The van der Waals surface area contributed by atoms with Crippen LogP contribution in [0.4, 0.5) is 14.9 Å². The summed E-state index contributed by atoms with van der Waals surface area (Å²) >= 11 is 6.19. The normalized spacial score (nSPS) is 13.9. The van der Waals surface area contributed by atoms with E-state index >= 15 is 4.39 Å². The highest BCUT2D eigenvalue weighted by Crippen LogP contribution is 2.38. The maximum absolute atomic E-state index is 15.5. The first-order chi connectivity index (χ1) is 26.4. The highest BCUT2D eigenvalue weighted by Gasteiger charge is 2.39. The molecule has 0 unspecified atom stereocenters. The second kappa shape index (κ2) is 18.6. The lowest BCUT2D eigenvalue weighted by Gasteiger charge is -2.38. The number of carbonyl (C=O) groups excluding carboxylic acids is 4. The molecule has 0 saturated heterocycles. The van der Waals surface area contributed by atoms with E-state index in [2.05, 4.69) is 83.5 Å². The molecule has 0 aliphatic rings. The average Bonchev–Trinajstić information content (AvgIpc) is 3.42. The van der Waals surface area contributed by atoms with Gasteiger partial charge in [0.15, 0.2) is 22.3 Å². The van der Waals surface area contributed by atoms with Gasteiger partial charge in [-0.05, 0) is 94.6 Å². The van der Waals surface area contributed by atoms with Crippen LogP contribution in [0.25, 0.3) is 10.9 Å². The van der Waals surface area contributed by atoms with Gasteiger partial charge in [0.2, 0.25) is 11.8 Å². The van der Waals surface area contributed by atoms with Crippen molar-refractivity contribution in [2.75, 3.05) is 25.1 Å². The summed E-state index contributed by atoms with van der Waals surface area (Å²) in [6.07, 6.45) is -0.436. The lowest BCUT2D eigenvalue weighted by Crippen LogP contribution is -2.51. The van der Waals surface area contributed by atoms with Crippen molar-refractivity contribution in [1.29, 1.82) is 0 Å². The Morgan fingerprint density at radius 3 is 2.12 bits per heavy atom. The number of halogens is 2. The molecule has 1 heterocycles. The molecule has 0 aliphatic heterocycles. The maximum Gasteiger partial charge on any atom is 0.412 e. The van der Waals surface area contributed by atoms with E-state index in [4.69, 9.17) is 30.9 Å². The Morgan fingerprint density at radius 1 is 0.948 bits per heavy atom. The van der Waals surface area contributed by atoms with Gasteiger partial charge in [-0.1, -0.05) is 65.3 Å². The molecule has 2 aromatic carbocycles. The molecule has 0 saturated carbocycles. The van der Waals surface area contributed by atoms with Gasteiger partial charge in [-0.3, -0.25) is 24.4 Å². The zero-order chi connectivity index (χ0) is 44.2. The van der Waals surface area contributed by atoms with Gasteiger partial charge in [0.1, 0.15) is 18.0 Å². The van der Waals surface area contributed by atoms with Crippen LogP contribution in [-0.4, -0.2) is 86.5 Å². The van der Waals surface area contributed by atoms with Gasteiger partial charge < -0.3 is 29.5 Å². The summed E-state index contributed by atoms with van der Waals surface area (Å²) in [5, 5.41) is 10.0. The zero-order valence-electron chi connectivity index (χ0n) is 36.7. The molecule has 0 spiro atoms. The van der Waals surface area contributed by atoms with E-state index in [-0.39, 0.29) is 52.5 Å². The van der Waals surface area contributed by atoms with Crippen molar-refractivity contribution in [3.8, 4) is 0 Å². The monoisotopic (exact) mass is 862 g/mol. The maximum atomic E-state index is 15.5. The van der Waals surface area contributed by atoms with Crippen molar-refractivity contribution in [3.05, 3.63) is 58.5 Å². The van der Waals surface area contributed by atoms with Gasteiger partial charge in [0.05, 0.1) is 35.8 Å². The molecular weight excluding hydrogens is 799 g/mol. The van der Waals surface area contributed by atoms with Crippen LogP contribution in [0.2, 0.25) is 41.3 Å². The van der Waals surface area contributed by atoms with Crippen molar-refractivity contribution < 1.29 is 37.2 Å². The molecule has 3 aromatic rings. The van der Waals surface area contributed by atoms with Crippen LogP contribution in [0, 0.1) is 5.82 Å². The number of nitrogens with one attached hydrogen (secondary N) is 2. The first-order valence-electron chi connectivity index (χ1n) is 19.5. The number of benzene rings is 2. The Balaban J connectivity index is 1.98. The molecule has 4 N–H and O–H groups in total. The van der Waals surface area contributed by atoms with Crippen molar-refractivity contribution in [1.82, 2.24) is 20.0 Å². The fourth-order valence-electron chi connectivity index (χ4n) is 5.46. The molecule has 4 amide bonds. The first-order valence-corrected chi connectivity index (χ1v) is 25.7. The minimum atomic E-state index is -2.28. The van der Waals surface area contributed by atoms with Crippen LogP contribution < -0.4 is 16.4 Å². The van der Waals surface area contributed by atoms with Gasteiger partial charge in [0.25, 0.3) is 5.91 Å². The number of nitrogens with two attached hydrogens (primary N) is 1. The fourth-order valence-corrected chi connectivity index (χ4v) is 7.80. The van der Waals surface area contributed by atoms with E-state index in [1.807, 2.05) is 0 Å². The van der Waals surface area contributed by atoms with Crippen molar-refractivity contribution in [2.45, 2.75) is 136 Å². The Labute approximate surface area is 350 Å². The summed E-state index contributed by atoms with van der Waals surface area (Å²) in [6, 6.07) is 7.95. The van der Waals surface area contributed by atoms with Crippen LogP contribution in [0.5, 0.6) is 0 Å². The van der Waals surface area contributed by atoms with Crippen LogP contribution >= 0.6 is 11.6 Å². The lowest BCUT2D eigenvalue weighted by molar-refractivity contribution is -0.139. The van der Waals surface area contributed by atoms with Crippen LogP contribution in [0.3, 0.4) is 0 Å². The number of hydrogen-bond donors (Lipinski definition) is 3. The highest BCUT2D eigenvalue weighted by atomic mass is 35.5. The second-order valence-electron chi connectivity index (χ2n) is 18.8. The molecule has 3 rings (SSSR count). The van der Waals surface area contributed by atoms with Gasteiger partial charge in [-0.2, -0.15) is 5.10 Å². The molecule has 0 aliphatic carbocycles. The predicted octanol–water partition coefficient (Wildman–Crippen LogP) is 8.78. The molecule has 322 valence electrons. The Morgan fingerprint density at radius 2 is 1.55 bits per heavy atom. The summed E-state index contributed by atoms with van der Waals surface area (Å²) < 4.78 is 35.1. The smallest absolute Gasteiger partial charge is 0.412 e. The molecule has 58 heavy (non-hydrogen) atoms. The molecule has 0 fully saturated rings. The summed E-state index contributed by atoms with van der Waals surface area (Å²) in [4.78, 5) is 54.8. The van der Waals surface area contributed by atoms with Crippen molar-refractivity contribution >= 4 is 68.6 Å². The van der Waals surface area contributed by atoms with E-state index in [1.54, 1.807) is 52.0 Å². The van der Waals surface area contributed by atoms with Crippen molar-refractivity contribution in [3.63, 3.8) is 0 Å². The van der Waals surface area contributed by atoms with E-state index in [9.17, 15) is 19.2 Å². The third-order valence-electron chi connectivity index (χ3n) is 10.9. The number of primary amides is 1. The van der Waals surface area contributed by atoms with E-state index in [1.165, 1.54) is 21.7 Å². The molecule has 0 radical (unpaired) electrons. The fraction of sp³-hybridized carbons (Fsp3) is 0.585. The SMILES string of the molecule is C[C@@H](CO[Si](C)(C)C(C)(C)C)N(CC(=O)N[C@@H](CCO[Si](C)(C)C(C)(C)C)c1cccc(Cl)c1F)C(=O)Cn1nc(C(N)=O)c2cc(NC(=O)OC(C)(C)C)ccc21. The van der Waals surface area contributed by atoms with Crippen LogP contribution in [-0.2, 0) is 29.7 Å². The summed E-state index contributed by atoms with van der Waals surface area (Å²) in [5.41, 5.74) is 5.78. The minimum Gasteiger partial charge on any atom is -0.444 e. The molecular formula is C41H64ClFN6O7Si2. The van der Waals surface area contributed by atoms with Gasteiger partial charge in [-0.15, -0.1) is 0 Å². The number of amides is 4. The number of anilines is 1. The summed E-state index contributed by atoms with van der Waals surface area (Å²) in [7, 11) is -4.45. The lowest BCUT2D eigenvalue weighted by atomic mass is 10.0. The summed E-state index contributed by atoms with van der Waals surface area (Å²) in [6.45, 7) is 27.8. The highest BCUT2D eigenvalue weighted by molar-refractivity contribution is 6.74. The van der Waals surface area contributed by atoms with Crippen LogP contribution in [0.1, 0.15) is 97.8 Å². The predicted molar refractivity (Wildman–Crippen MR) is 232 cm³/mol. The topological polar surface area (TPSA) is 167 Å². The van der Waals surface area contributed by atoms with E-state index in [0.29, 0.717) is 16.6 Å². The van der Waals surface area contributed by atoms with Crippen molar-refractivity contribution in [2.24, 2.45) is 5.73 Å². The number of aromatic nitrogens is 2. The third-order valence-corrected chi connectivity index (χ3v) is 20.3.